The van der Waals surface area contributed by atoms with Crippen molar-refractivity contribution < 1.29 is 4.39 Å². The van der Waals surface area contributed by atoms with E-state index in [1.165, 1.54) is 6.07 Å². The Labute approximate surface area is 67.5 Å². The van der Waals surface area contributed by atoms with Crippen molar-refractivity contribution >= 4 is 22.0 Å². The highest BCUT2D eigenvalue weighted by Crippen LogP contribution is 2.08. The molecule has 52 valence electrons. The molecule has 0 saturated heterocycles. The van der Waals surface area contributed by atoms with E-state index in [0.29, 0.717) is 5.56 Å². The van der Waals surface area contributed by atoms with Gasteiger partial charge in [0.2, 0.25) is 0 Å². The molecule has 0 atom stereocenters. The first-order valence-corrected chi connectivity index (χ1v) is 3.77. The van der Waals surface area contributed by atoms with Gasteiger partial charge in [-0.2, -0.15) is 0 Å². The zero-order chi connectivity index (χ0) is 7.40. The van der Waals surface area contributed by atoms with Gasteiger partial charge in [-0.15, -0.1) is 0 Å². The maximum absolute atomic E-state index is 12.7. The molecule has 0 bridgehead atoms. The van der Waals surface area contributed by atoms with Crippen LogP contribution in [0.2, 0.25) is 0 Å². The number of benzene rings is 1. The van der Waals surface area contributed by atoms with Gasteiger partial charge in [0.15, 0.2) is 0 Å². The van der Waals surface area contributed by atoms with E-state index in [9.17, 15) is 4.39 Å². The van der Waals surface area contributed by atoms with Crippen molar-refractivity contribution in [2.75, 3.05) is 0 Å². The lowest BCUT2D eigenvalue weighted by Crippen LogP contribution is -1.77. The number of halogens is 2. The van der Waals surface area contributed by atoms with Gasteiger partial charge in [-0.3, -0.25) is 0 Å². The monoisotopic (exact) mass is 200 g/mol. The molecule has 0 saturated carbocycles. The van der Waals surface area contributed by atoms with Gasteiger partial charge in [-0.05, 0) is 17.1 Å². The molecular weight excluding hydrogens is 195 g/mol. The van der Waals surface area contributed by atoms with Crippen LogP contribution in [0.4, 0.5) is 4.39 Å². The summed E-state index contributed by atoms with van der Waals surface area (Å²) < 4.78 is 12.7. The molecule has 0 aromatic heterocycles. The number of hydrogen-bond donors (Lipinski definition) is 0. The number of hydrogen-bond acceptors (Lipinski definition) is 0. The summed E-state index contributed by atoms with van der Waals surface area (Å²) in [6.07, 6.45) is 1.66. The Morgan fingerprint density at radius 1 is 1.30 bits per heavy atom. The second-order valence-electron chi connectivity index (χ2n) is 1.81. The van der Waals surface area contributed by atoms with Gasteiger partial charge < -0.3 is 0 Å². The van der Waals surface area contributed by atoms with E-state index < -0.39 is 0 Å². The van der Waals surface area contributed by atoms with E-state index >= 15 is 0 Å². The van der Waals surface area contributed by atoms with E-state index in [1.54, 1.807) is 29.3 Å². The molecule has 0 nitrogen and oxygen atoms in total. The Morgan fingerprint density at radius 3 is 2.60 bits per heavy atom. The summed E-state index contributed by atoms with van der Waals surface area (Å²) in [6.45, 7) is 0. The standard InChI is InChI=1S/C8H6BrF/c9-6-5-7-3-1-2-4-8(7)10/h1-6H/b6-5+. The van der Waals surface area contributed by atoms with Crippen LogP contribution in [0.5, 0.6) is 0 Å². The van der Waals surface area contributed by atoms with Crippen LogP contribution in [0.3, 0.4) is 0 Å². The van der Waals surface area contributed by atoms with Crippen LogP contribution in [0.15, 0.2) is 29.3 Å². The normalized spacial score (nSPS) is 10.6. The first-order chi connectivity index (χ1) is 4.84. The lowest BCUT2D eigenvalue weighted by molar-refractivity contribution is 0.625. The minimum atomic E-state index is -0.196. The van der Waals surface area contributed by atoms with Gasteiger partial charge in [-0.1, -0.05) is 34.1 Å². The predicted molar refractivity (Wildman–Crippen MR) is 44.4 cm³/mol. The molecule has 10 heavy (non-hydrogen) atoms. The van der Waals surface area contributed by atoms with Crippen molar-refractivity contribution in [2.24, 2.45) is 0 Å². The van der Waals surface area contributed by atoms with E-state index in [1.807, 2.05) is 0 Å². The molecule has 0 aliphatic rings. The van der Waals surface area contributed by atoms with Crippen molar-refractivity contribution in [3.05, 3.63) is 40.6 Å². The quantitative estimate of drug-likeness (QED) is 0.654. The summed E-state index contributed by atoms with van der Waals surface area (Å²) >= 11 is 3.07. The highest BCUT2D eigenvalue weighted by Gasteiger charge is 1.92. The molecule has 0 heterocycles. The Hall–Kier alpha value is -0.630. The molecule has 0 spiro atoms. The molecule has 1 rings (SSSR count). The van der Waals surface area contributed by atoms with Crippen molar-refractivity contribution in [3.63, 3.8) is 0 Å². The Balaban J connectivity index is 3.03. The molecule has 1 aromatic carbocycles. The van der Waals surface area contributed by atoms with Gasteiger partial charge in [0.1, 0.15) is 5.82 Å². The molecule has 0 aliphatic carbocycles. The Bertz CT molecular complexity index is 243. The van der Waals surface area contributed by atoms with E-state index in [2.05, 4.69) is 15.9 Å². The molecule has 1 aromatic rings. The third kappa shape index (κ3) is 1.67. The predicted octanol–water partition coefficient (Wildman–Crippen LogP) is 3.19. The summed E-state index contributed by atoms with van der Waals surface area (Å²) in [5.41, 5.74) is 0.597. The fraction of sp³-hybridized carbons (Fsp3) is 0. The molecule has 0 aliphatic heterocycles. The van der Waals surface area contributed by atoms with Crippen LogP contribution < -0.4 is 0 Å². The molecule has 0 radical (unpaired) electrons. The van der Waals surface area contributed by atoms with Crippen molar-refractivity contribution in [1.82, 2.24) is 0 Å². The fourth-order valence-corrected chi connectivity index (χ4v) is 0.963. The van der Waals surface area contributed by atoms with Gasteiger partial charge >= 0.3 is 0 Å². The SMILES string of the molecule is Fc1ccccc1/C=C/Br. The third-order valence-electron chi connectivity index (χ3n) is 1.15. The van der Waals surface area contributed by atoms with Gasteiger partial charge in [0, 0.05) is 5.56 Å². The first kappa shape index (κ1) is 7.48. The van der Waals surface area contributed by atoms with E-state index in [4.69, 9.17) is 0 Å². The van der Waals surface area contributed by atoms with Crippen molar-refractivity contribution in [2.45, 2.75) is 0 Å². The maximum Gasteiger partial charge on any atom is 0.130 e. The summed E-state index contributed by atoms with van der Waals surface area (Å²) in [5.74, 6) is -0.196. The summed E-state index contributed by atoms with van der Waals surface area (Å²) in [4.78, 5) is 1.63. The topological polar surface area (TPSA) is 0 Å². The van der Waals surface area contributed by atoms with Crippen LogP contribution in [0.25, 0.3) is 6.08 Å². The second kappa shape index (κ2) is 3.52. The summed E-state index contributed by atoms with van der Waals surface area (Å²) in [5, 5.41) is 0. The van der Waals surface area contributed by atoms with Crippen molar-refractivity contribution in [1.29, 1.82) is 0 Å². The molecule has 0 unspecified atom stereocenters. The average Bonchev–Trinajstić information content (AvgIpc) is 1.94. The van der Waals surface area contributed by atoms with E-state index in [0.717, 1.165) is 0 Å². The highest BCUT2D eigenvalue weighted by molar-refractivity contribution is 9.11. The lowest BCUT2D eigenvalue weighted by atomic mass is 10.2. The minimum absolute atomic E-state index is 0.196. The smallest absolute Gasteiger partial charge is 0.130 e. The average molecular weight is 201 g/mol. The first-order valence-electron chi connectivity index (χ1n) is 2.86. The van der Waals surface area contributed by atoms with Gasteiger partial charge in [0.25, 0.3) is 0 Å². The lowest BCUT2D eigenvalue weighted by Gasteiger charge is -1.92. The molecule has 0 fully saturated rings. The van der Waals surface area contributed by atoms with Crippen LogP contribution in [-0.4, -0.2) is 0 Å². The van der Waals surface area contributed by atoms with Crippen LogP contribution >= 0.6 is 15.9 Å². The molecule has 0 N–H and O–H groups in total. The zero-order valence-electron chi connectivity index (χ0n) is 5.22. The number of rotatable bonds is 1. The molecular formula is C8H6BrF. The van der Waals surface area contributed by atoms with Crippen LogP contribution in [0, 0.1) is 5.82 Å². The fourth-order valence-electron chi connectivity index (χ4n) is 0.678. The molecule has 2 heteroatoms. The summed E-state index contributed by atoms with van der Waals surface area (Å²) in [7, 11) is 0. The van der Waals surface area contributed by atoms with Gasteiger partial charge in [0.05, 0.1) is 0 Å². The second-order valence-corrected chi connectivity index (χ2v) is 2.34. The summed E-state index contributed by atoms with van der Waals surface area (Å²) in [6, 6.07) is 6.61. The Kier molecular flexibility index (Phi) is 2.63. The van der Waals surface area contributed by atoms with Crippen LogP contribution in [0.1, 0.15) is 5.56 Å². The third-order valence-corrected chi connectivity index (χ3v) is 1.41. The zero-order valence-corrected chi connectivity index (χ0v) is 6.81. The largest absolute Gasteiger partial charge is 0.206 e. The van der Waals surface area contributed by atoms with Crippen molar-refractivity contribution in [3.8, 4) is 0 Å². The Morgan fingerprint density at radius 2 is 2.00 bits per heavy atom. The van der Waals surface area contributed by atoms with Crippen LogP contribution in [-0.2, 0) is 0 Å². The molecule has 0 amide bonds. The maximum atomic E-state index is 12.7. The van der Waals surface area contributed by atoms with E-state index in [-0.39, 0.29) is 5.82 Å². The highest BCUT2D eigenvalue weighted by atomic mass is 79.9. The minimum Gasteiger partial charge on any atom is -0.206 e. The van der Waals surface area contributed by atoms with Gasteiger partial charge in [-0.25, -0.2) is 4.39 Å².